The first-order valence-corrected chi connectivity index (χ1v) is 10.7. The lowest BCUT2D eigenvalue weighted by molar-refractivity contribution is -0.148. The molecule has 5 rings (SSSR count). The van der Waals surface area contributed by atoms with Gasteiger partial charge in [-0.15, -0.1) is 0 Å². The van der Waals surface area contributed by atoms with Crippen molar-refractivity contribution in [2.45, 2.75) is 44.9 Å². The van der Waals surface area contributed by atoms with Gasteiger partial charge in [0, 0.05) is 18.2 Å². The molecule has 7 nitrogen and oxygen atoms in total. The van der Waals surface area contributed by atoms with E-state index in [9.17, 15) is 14.4 Å². The second-order valence-corrected chi connectivity index (χ2v) is 9.11. The summed E-state index contributed by atoms with van der Waals surface area (Å²) >= 11 is 5.87. The SMILES string of the molecule is O=C(COC(=O)CCNC(=O)C12CC3CC(CC(C3)C1)C2)Nc1cccnc1Cl. The summed E-state index contributed by atoms with van der Waals surface area (Å²) in [6.07, 6.45) is 8.38. The lowest BCUT2D eigenvalue weighted by atomic mass is 9.49. The number of nitrogens with zero attached hydrogens (tertiary/aromatic N) is 1. The van der Waals surface area contributed by atoms with Crippen LogP contribution < -0.4 is 10.6 Å². The summed E-state index contributed by atoms with van der Waals surface area (Å²) in [7, 11) is 0. The predicted molar refractivity (Wildman–Crippen MR) is 107 cm³/mol. The van der Waals surface area contributed by atoms with E-state index in [1.165, 1.54) is 25.5 Å². The fraction of sp³-hybridized carbons (Fsp3) is 0.619. The molecule has 1 aromatic heterocycles. The number of hydrogen-bond donors (Lipinski definition) is 2. The van der Waals surface area contributed by atoms with Gasteiger partial charge in [0.2, 0.25) is 5.91 Å². The Balaban J connectivity index is 1.17. The molecule has 0 unspecified atom stereocenters. The number of hydrogen-bond acceptors (Lipinski definition) is 5. The minimum Gasteiger partial charge on any atom is -0.456 e. The van der Waals surface area contributed by atoms with E-state index in [0.717, 1.165) is 19.3 Å². The van der Waals surface area contributed by atoms with Crippen LogP contribution in [-0.2, 0) is 19.1 Å². The van der Waals surface area contributed by atoms with Gasteiger partial charge in [-0.25, -0.2) is 4.98 Å². The molecule has 2 amide bonds. The molecule has 0 spiro atoms. The molecule has 8 heteroatoms. The number of ether oxygens (including phenoxy) is 1. The number of nitrogens with one attached hydrogen (secondary N) is 2. The van der Waals surface area contributed by atoms with Gasteiger partial charge in [0.05, 0.1) is 12.1 Å². The van der Waals surface area contributed by atoms with E-state index in [2.05, 4.69) is 15.6 Å². The average molecular weight is 420 g/mol. The first-order chi connectivity index (χ1) is 13.9. The summed E-state index contributed by atoms with van der Waals surface area (Å²) in [6.45, 7) is -0.178. The maximum absolute atomic E-state index is 12.8. The number of esters is 1. The summed E-state index contributed by atoms with van der Waals surface area (Å²) in [5.74, 6) is 1.17. The second kappa shape index (κ2) is 8.30. The van der Waals surface area contributed by atoms with Crippen LogP contribution in [0.4, 0.5) is 5.69 Å². The molecule has 1 heterocycles. The first kappa shape index (κ1) is 20.1. The quantitative estimate of drug-likeness (QED) is 0.523. The van der Waals surface area contributed by atoms with E-state index in [1.807, 2.05) is 0 Å². The molecule has 29 heavy (non-hydrogen) atoms. The Labute approximate surface area is 174 Å². The third kappa shape index (κ3) is 4.55. The third-order valence-electron chi connectivity index (χ3n) is 6.53. The van der Waals surface area contributed by atoms with Gasteiger partial charge < -0.3 is 15.4 Å². The minimum atomic E-state index is -0.525. The zero-order valence-corrected chi connectivity index (χ0v) is 17.0. The molecule has 4 fully saturated rings. The van der Waals surface area contributed by atoms with E-state index < -0.39 is 18.5 Å². The Hall–Kier alpha value is -2.15. The molecule has 156 valence electrons. The number of pyridine rings is 1. The molecule has 4 saturated carbocycles. The Bertz CT molecular complexity index is 778. The second-order valence-electron chi connectivity index (χ2n) is 8.75. The summed E-state index contributed by atoms with van der Waals surface area (Å²) in [6, 6.07) is 3.25. The van der Waals surface area contributed by atoms with Crippen LogP contribution in [-0.4, -0.2) is 35.9 Å². The molecule has 4 aliphatic rings. The summed E-state index contributed by atoms with van der Waals surface area (Å²) < 4.78 is 4.98. The van der Waals surface area contributed by atoms with Crippen LogP contribution in [0.5, 0.6) is 0 Å². The molecule has 0 aromatic carbocycles. The predicted octanol–water partition coefficient (Wildman–Crippen LogP) is 2.94. The smallest absolute Gasteiger partial charge is 0.308 e. The zero-order chi connectivity index (χ0) is 20.4. The normalized spacial score (nSPS) is 29.3. The number of amides is 2. The molecule has 0 aliphatic heterocycles. The Kier molecular flexibility index (Phi) is 5.76. The van der Waals surface area contributed by atoms with Crippen molar-refractivity contribution in [2.24, 2.45) is 23.2 Å². The van der Waals surface area contributed by atoms with Gasteiger partial charge in [-0.05, 0) is 68.4 Å². The van der Waals surface area contributed by atoms with Crippen molar-refractivity contribution < 1.29 is 19.1 Å². The molecule has 1 aromatic rings. The lowest BCUT2D eigenvalue weighted by Crippen LogP contribution is -2.53. The van der Waals surface area contributed by atoms with Crippen molar-refractivity contribution >= 4 is 35.1 Å². The van der Waals surface area contributed by atoms with Crippen LogP contribution in [0.25, 0.3) is 0 Å². The van der Waals surface area contributed by atoms with Gasteiger partial charge in [0.1, 0.15) is 0 Å². The largest absolute Gasteiger partial charge is 0.456 e. The highest BCUT2D eigenvalue weighted by Crippen LogP contribution is 2.60. The average Bonchev–Trinajstić information content (AvgIpc) is 2.67. The first-order valence-electron chi connectivity index (χ1n) is 10.3. The molecule has 4 bridgehead atoms. The highest BCUT2D eigenvalue weighted by Gasteiger charge is 2.54. The number of carbonyl (C=O) groups is 3. The lowest BCUT2D eigenvalue weighted by Gasteiger charge is -2.55. The monoisotopic (exact) mass is 419 g/mol. The van der Waals surface area contributed by atoms with Gasteiger partial charge in [-0.3, -0.25) is 14.4 Å². The zero-order valence-electron chi connectivity index (χ0n) is 16.3. The van der Waals surface area contributed by atoms with E-state index in [4.69, 9.17) is 16.3 Å². The van der Waals surface area contributed by atoms with Crippen molar-refractivity contribution in [1.82, 2.24) is 10.3 Å². The number of aromatic nitrogens is 1. The van der Waals surface area contributed by atoms with Gasteiger partial charge in [0.15, 0.2) is 11.8 Å². The maximum Gasteiger partial charge on any atom is 0.308 e. The summed E-state index contributed by atoms with van der Waals surface area (Å²) in [5.41, 5.74) is 0.139. The van der Waals surface area contributed by atoms with E-state index >= 15 is 0 Å². The van der Waals surface area contributed by atoms with E-state index in [-0.39, 0.29) is 29.4 Å². The molecular formula is C21H26ClN3O4. The van der Waals surface area contributed by atoms with E-state index in [1.54, 1.807) is 12.1 Å². The fourth-order valence-corrected chi connectivity index (χ4v) is 5.90. The van der Waals surface area contributed by atoms with Crippen molar-refractivity contribution in [3.05, 3.63) is 23.5 Å². The number of carbonyl (C=O) groups excluding carboxylic acids is 3. The molecule has 4 aliphatic carbocycles. The van der Waals surface area contributed by atoms with Gasteiger partial charge in [0.25, 0.3) is 5.91 Å². The van der Waals surface area contributed by atoms with Crippen molar-refractivity contribution in [2.75, 3.05) is 18.5 Å². The van der Waals surface area contributed by atoms with Crippen LogP contribution in [0.15, 0.2) is 18.3 Å². The summed E-state index contributed by atoms with van der Waals surface area (Å²) in [4.78, 5) is 40.5. The fourth-order valence-electron chi connectivity index (χ4n) is 5.74. The Morgan fingerprint density at radius 3 is 2.41 bits per heavy atom. The highest BCUT2D eigenvalue weighted by molar-refractivity contribution is 6.32. The van der Waals surface area contributed by atoms with Crippen LogP contribution in [0.1, 0.15) is 44.9 Å². The van der Waals surface area contributed by atoms with Crippen molar-refractivity contribution in [3.8, 4) is 0 Å². The van der Waals surface area contributed by atoms with E-state index in [0.29, 0.717) is 23.4 Å². The number of anilines is 1. The van der Waals surface area contributed by atoms with Gasteiger partial charge >= 0.3 is 5.97 Å². The minimum absolute atomic E-state index is 0.0407. The Morgan fingerprint density at radius 1 is 1.14 bits per heavy atom. The molecule has 2 N–H and O–H groups in total. The van der Waals surface area contributed by atoms with Gasteiger partial charge in [-0.2, -0.15) is 0 Å². The van der Waals surface area contributed by atoms with Crippen LogP contribution in [0.2, 0.25) is 5.15 Å². The van der Waals surface area contributed by atoms with Crippen molar-refractivity contribution in [1.29, 1.82) is 0 Å². The van der Waals surface area contributed by atoms with Crippen LogP contribution in [0.3, 0.4) is 0 Å². The molecule has 0 atom stereocenters. The van der Waals surface area contributed by atoms with Gasteiger partial charge in [-0.1, -0.05) is 11.6 Å². The molecular weight excluding hydrogens is 394 g/mol. The van der Waals surface area contributed by atoms with Crippen molar-refractivity contribution in [3.63, 3.8) is 0 Å². The number of halogens is 1. The molecule has 0 radical (unpaired) electrons. The van der Waals surface area contributed by atoms with Crippen LogP contribution in [0, 0.1) is 23.2 Å². The van der Waals surface area contributed by atoms with Crippen LogP contribution >= 0.6 is 11.6 Å². The number of rotatable bonds is 7. The standard InChI is InChI=1S/C21H26ClN3O4/c22-19-16(2-1-4-23-19)25-17(26)12-29-18(27)3-5-24-20(28)21-9-13-6-14(10-21)8-15(7-13)11-21/h1-2,4,13-15H,3,5-12H2,(H,24,28)(H,25,26). The summed E-state index contributed by atoms with van der Waals surface area (Å²) in [5, 5.41) is 5.64. The maximum atomic E-state index is 12.8. The third-order valence-corrected chi connectivity index (χ3v) is 6.83. The highest BCUT2D eigenvalue weighted by atomic mass is 35.5. The Morgan fingerprint density at radius 2 is 1.79 bits per heavy atom. The topological polar surface area (TPSA) is 97.4 Å². The molecule has 0 saturated heterocycles.